The molecular weight excluding hydrogens is 303 g/mol. The van der Waals surface area contributed by atoms with Crippen molar-refractivity contribution < 1.29 is 9.18 Å². The number of hydrogen-bond donors (Lipinski definition) is 1. The number of carbonyl (C=O) groups excluding carboxylic acids is 1. The van der Waals surface area contributed by atoms with Gasteiger partial charge in [-0.25, -0.2) is 4.39 Å². The molecule has 1 fully saturated rings. The molecule has 1 aliphatic heterocycles. The number of likely N-dealkylation sites (tertiary alicyclic amines) is 1. The van der Waals surface area contributed by atoms with E-state index in [0.29, 0.717) is 6.54 Å². The fraction of sp³-hybridized carbons (Fsp3) is 0.350. The lowest BCUT2D eigenvalue weighted by Gasteiger charge is -2.28. The molecular formula is C20H23FN2O. The quantitative estimate of drug-likeness (QED) is 0.908. The van der Waals surface area contributed by atoms with E-state index in [1.807, 2.05) is 0 Å². The Morgan fingerprint density at radius 3 is 2.46 bits per heavy atom. The van der Waals surface area contributed by atoms with Gasteiger partial charge in [-0.05, 0) is 50.6 Å². The molecule has 0 unspecified atom stereocenters. The van der Waals surface area contributed by atoms with E-state index >= 15 is 0 Å². The molecule has 0 aliphatic carbocycles. The van der Waals surface area contributed by atoms with Crippen LogP contribution in [0.15, 0.2) is 48.5 Å². The first kappa shape index (κ1) is 16.7. The third-order valence-electron chi connectivity index (χ3n) is 4.62. The molecule has 0 spiro atoms. The third-order valence-corrected chi connectivity index (χ3v) is 4.62. The molecule has 1 amide bonds. The smallest absolute Gasteiger partial charge is 0.254 e. The van der Waals surface area contributed by atoms with Gasteiger partial charge >= 0.3 is 0 Å². The van der Waals surface area contributed by atoms with Gasteiger partial charge in [0.1, 0.15) is 5.82 Å². The minimum Gasteiger partial charge on any atom is -0.350 e. The summed E-state index contributed by atoms with van der Waals surface area (Å²) >= 11 is 0. The van der Waals surface area contributed by atoms with Gasteiger partial charge in [0.05, 0.1) is 11.6 Å². The molecule has 0 aromatic heterocycles. The summed E-state index contributed by atoms with van der Waals surface area (Å²) in [6, 6.07) is 14.6. The fourth-order valence-corrected chi connectivity index (χ4v) is 3.23. The van der Waals surface area contributed by atoms with E-state index in [9.17, 15) is 9.18 Å². The molecule has 2 aromatic carbocycles. The van der Waals surface area contributed by atoms with Crippen molar-refractivity contribution in [1.29, 1.82) is 0 Å². The highest BCUT2D eigenvalue weighted by Gasteiger charge is 2.24. The van der Waals surface area contributed by atoms with Crippen molar-refractivity contribution in [2.24, 2.45) is 0 Å². The Balaban J connectivity index is 1.73. The average Bonchev–Trinajstić information content (AvgIpc) is 3.11. The topological polar surface area (TPSA) is 32.3 Å². The van der Waals surface area contributed by atoms with Crippen molar-refractivity contribution >= 4 is 5.91 Å². The summed E-state index contributed by atoms with van der Waals surface area (Å²) in [6.45, 7) is 4.62. The Labute approximate surface area is 142 Å². The van der Waals surface area contributed by atoms with Crippen LogP contribution in [-0.2, 0) is 0 Å². The van der Waals surface area contributed by atoms with Gasteiger partial charge in [-0.15, -0.1) is 0 Å². The van der Waals surface area contributed by atoms with Gasteiger partial charge in [0.15, 0.2) is 0 Å². The van der Waals surface area contributed by atoms with Crippen LogP contribution in [-0.4, -0.2) is 30.4 Å². The van der Waals surface area contributed by atoms with Crippen molar-refractivity contribution in [3.63, 3.8) is 0 Å². The predicted molar refractivity (Wildman–Crippen MR) is 93.5 cm³/mol. The molecule has 3 rings (SSSR count). The highest BCUT2D eigenvalue weighted by molar-refractivity contribution is 5.94. The molecule has 1 heterocycles. The number of aryl methyl sites for hydroxylation is 1. The van der Waals surface area contributed by atoms with Crippen LogP contribution in [0.5, 0.6) is 0 Å². The van der Waals surface area contributed by atoms with E-state index < -0.39 is 5.82 Å². The number of carbonyl (C=O) groups is 1. The lowest BCUT2D eigenvalue weighted by molar-refractivity contribution is 0.0934. The SMILES string of the molecule is Cc1ccc([C@H](CNC(=O)c2ccccc2F)N2CCCC2)cc1. The lowest BCUT2D eigenvalue weighted by atomic mass is 10.0. The van der Waals surface area contributed by atoms with Crippen molar-refractivity contribution in [3.8, 4) is 0 Å². The van der Waals surface area contributed by atoms with Crippen LogP contribution in [0.3, 0.4) is 0 Å². The van der Waals surface area contributed by atoms with Gasteiger partial charge in [0, 0.05) is 6.54 Å². The maximum Gasteiger partial charge on any atom is 0.254 e. The van der Waals surface area contributed by atoms with E-state index in [1.165, 1.54) is 36.1 Å². The normalized spacial score (nSPS) is 16.1. The highest BCUT2D eigenvalue weighted by Crippen LogP contribution is 2.25. The molecule has 1 saturated heterocycles. The largest absolute Gasteiger partial charge is 0.350 e. The predicted octanol–water partition coefficient (Wildman–Crippen LogP) is 3.70. The molecule has 2 aromatic rings. The van der Waals surface area contributed by atoms with Crippen LogP contribution in [0.1, 0.15) is 40.4 Å². The molecule has 1 atom stereocenters. The van der Waals surface area contributed by atoms with Crippen LogP contribution >= 0.6 is 0 Å². The minimum atomic E-state index is -0.483. The first-order chi connectivity index (χ1) is 11.6. The van der Waals surface area contributed by atoms with Gasteiger partial charge in [-0.2, -0.15) is 0 Å². The summed E-state index contributed by atoms with van der Waals surface area (Å²) in [5.41, 5.74) is 2.51. The summed E-state index contributed by atoms with van der Waals surface area (Å²) in [7, 11) is 0. The number of halogens is 1. The van der Waals surface area contributed by atoms with Crippen molar-refractivity contribution in [1.82, 2.24) is 10.2 Å². The summed E-state index contributed by atoms with van der Waals surface area (Å²) in [5.74, 6) is -0.840. The maximum absolute atomic E-state index is 13.8. The van der Waals surface area contributed by atoms with Crippen molar-refractivity contribution in [2.75, 3.05) is 19.6 Å². The van der Waals surface area contributed by atoms with Gasteiger partial charge in [-0.3, -0.25) is 9.69 Å². The summed E-state index contributed by atoms with van der Waals surface area (Å²) in [4.78, 5) is 14.7. The lowest BCUT2D eigenvalue weighted by Crippen LogP contribution is -2.37. The number of rotatable bonds is 5. The Morgan fingerprint density at radius 1 is 1.12 bits per heavy atom. The zero-order chi connectivity index (χ0) is 16.9. The van der Waals surface area contributed by atoms with E-state index in [2.05, 4.69) is 41.4 Å². The van der Waals surface area contributed by atoms with Crippen LogP contribution in [0.2, 0.25) is 0 Å². The molecule has 126 valence electrons. The monoisotopic (exact) mass is 326 g/mol. The van der Waals surface area contributed by atoms with Gasteiger partial charge in [-0.1, -0.05) is 42.0 Å². The highest BCUT2D eigenvalue weighted by atomic mass is 19.1. The third kappa shape index (κ3) is 3.82. The zero-order valence-corrected chi connectivity index (χ0v) is 14.0. The van der Waals surface area contributed by atoms with Crippen LogP contribution in [0.25, 0.3) is 0 Å². The van der Waals surface area contributed by atoms with Gasteiger partial charge < -0.3 is 5.32 Å². The van der Waals surface area contributed by atoms with E-state index in [1.54, 1.807) is 12.1 Å². The fourth-order valence-electron chi connectivity index (χ4n) is 3.23. The number of hydrogen-bond acceptors (Lipinski definition) is 2. The summed E-state index contributed by atoms with van der Waals surface area (Å²) in [6.07, 6.45) is 2.37. The second kappa shape index (κ2) is 7.58. The maximum atomic E-state index is 13.8. The summed E-state index contributed by atoms with van der Waals surface area (Å²) < 4.78 is 13.8. The minimum absolute atomic E-state index is 0.0987. The van der Waals surface area contributed by atoms with Crippen LogP contribution in [0.4, 0.5) is 4.39 Å². The number of benzene rings is 2. The second-order valence-electron chi connectivity index (χ2n) is 6.36. The van der Waals surface area contributed by atoms with E-state index in [0.717, 1.165) is 13.1 Å². The molecule has 1 N–H and O–H groups in total. The molecule has 24 heavy (non-hydrogen) atoms. The Kier molecular flexibility index (Phi) is 5.26. The van der Waals surface area contributed by atoms with Gasteiger partial charge in [0.25, 0.3) is 5.91 Å². The Hall–Kier alpha value is -2.20. The van der Waals surface area contributed by atoms with Crippen molar-refractivity contribution in [2.45, 2.75) is 25.8 Å². The van der Waals surface area contributed by atoms with Crippen LogP contribution in [0, 0.1) is 12.7 Å². The number of nitrogens with one attached hydrogen (secondary N) is 1. The zero-order valence-electron chi connectivity index (χ0n) is 14.0. The average molecular weight is 326 g/mol. The molecule has 1 aliphatic rings. The first-order valence-corrected chi connectivity index (χ1v) is 8.48. The standard InChI is InChI=1S/C20H23FN2O/c1-15-8-10-16(11-9-15)19(23-12-4-5-13-23)14-22-20(24)17-6-2-3-7-18(17)21/h2-3,6-11,19H,4-5,12-14H2,1H3,(H,22,24)/t19-/m0/s1. The second-order valence-corrected chi connectivity index (χ2v) is 6.36. The first-order valence-electron chi connectivity index (χ1n) is 8.48. The Bertz CT molecular complexity index is 693. The van der Waals surface area contributed by atoms with Crippen LogP contribution < -0.4 is 5.32 Å². The molecule has 3 nitrogen and oxygen atoms in total. The van der Waals surface area contributed by atoms with E-state index in [4.69, 9.17) is 0 Å². The summed E-state index contributed by atoms with van der Waals surface area (Å²) in [5, 5.41) is 2.91. The molecule has 0 radical (unpaired) electrons. The molecule has 4 heteroatoms. The number of amides is 1. The molecule has 0 saturated carbocycles. The molecule has 0 bridgehead atoms. The Morgan fingerprint density at radius 2 is 1.79 bits per heavy atom. The van der Waals surface area contributed by atoms with Crippen molar-refractivity contribution in [3.05, 3.63) is 71.0 Å². The van der Waals surface area contributed by atoms with Gasteiger partial charge in [0.2, 0.25) is 0 Å². The number of nitrogens with zero attached hydrogens (tertiary/aromatic N) is 1. The van der Waals surface area contributed by atoms with E-state index in [-0.39, 0.29) is 17.5 Å².